The van der Waals surface area contributed by atoms with E-state index in [-0.39, 0.29) is 17.6 Å². The van der Waals surface area contributed by atoms with Crippen molar-refractivity contribution in [2.24, 2.45) is 4.99 Å². The number of piperidine rings is 1. The highest BCUT2D eigenvalue weighted by molar-refractivity contribution is 6.14. The molecule has 25 heavy (non-hydrogen) atoms. The van der Waals surface area contributed by atoms with Gasteiger partial charge >= 0.3 is 0 Å². The van der Waals surface area contributed by atoms with Crippen LogP contribution in [0.4, 0.5) is 5.69 Å². The van der Waals surface area contributed by atoms with E-state index in [1.807, 2.05) is 4.57 Å². The minimum absolute atomic E-state index is 0.00791. The molecule has 0 aliphatic carbocycles. The number of nitro benzene ring substituents is 1. The fourth-order valence-corrected chi connectivity index (χ4v) is 3.73. The van der Waals surface area contributed by atoms with Gasteiger partial charge in [-0.1, -0.05) is 0 Å². The third kappa shape index (κ3) is 2.77. The van der Waals surface area contributed by atoms with Crippen molar-refractivity contribution in [3.8, 4) is 5.88 Å². The summed E-state index contributed by atoms with van der Waals surface area (Å²) in [4.78, 5) is 15.3. The lowest BCUT2D eigenvalue weighted by molar-refractivity contribution is -0.384. The summed E-state index contributed by atoms with van der Waals surface area (Å²) in [5, 5.41) is 26.2. The summed E-state index contributed by atoms with van der Waals surface area (Å²) in [6.45, 7) is 3.16. The first-order chi connectivity index (χ1) is 12.2. The topological polar surface area (TPSA) is 102 Å². The number of hydrogen-bond acceptors (Lipinski definition) is 6. The molecule has 0 saturated carbocycles. The maximum absolute atomic E-state index is 11.2. The van der Waals surface area contributed by atoms with E-state index in [0.717, 1.165) is 31.4 Å². The maximum Gasteiger partial charge on any atom is 0.270 e. The number of nitro groups is 1. The van der Waals surface area contributed by atoms with Gasteiger partial charge in [0.05, 0.1) is 41.5 Å². The second-order valence-corrected chi connectivity index (χ2v) is 6.39. The Labute approximate surface area is 144 Å². The Kier molecular flexibility index (Phi) is 4.14. The molecule has 1 fully saturated rings. The molecule has 1 aromatic heterocycles. The monoisotopic (exact) mass is 344 g/mol. The first-order valence-electron chi connectivity index (χ1n) is 8.50. The molecule has 2 aromatic rings. The van der Waals surface area contributed by atoms with Crippen molar-refractivity contribution in [2.75, 3.05) is 32.8 Å². The third-order valence-electron chi connectivity index (χ3n) is 4.91. The number of rotatable bonds is 3. The molecule has 0 unspecified atom stereocenters. The number of aliphatic imine (C=N–C) groups is 1. The zero-order valence-electron chi connectivity index (χ0n) is 13.8. The molecular formula is C17H20N4O4. The van der Waals surface area contributed by atoms with Crippen LogP contribution in [0.25, 0.3) is 10.9 Å². The summed E-state index contributed by atoms with van der Waals surface area (Å²) in [5.41, 5.74) is 2.03. The highest BCUT2D eigenvalue weighted by Crippen LogP contribution is 2.39. The van der Waals surface area contributed by atoms with Crippen LogP contribution in [0.3, 0.4) is 0 Å². The van der Waals surface area contributed by atoms with Gasteiger partial charge in [-0.2, -0.15) is 0 Å². The van der Waals surface area contributed by atoms with Crippen LogP contribution in [0.5, 0.6) is 5.88 Å². The predicted molar refractivity (Wildman–Crippen MR) is 93.6 cm³/mol. The van der Waals surface area contributed by atoms with Gasteiger partial charge in [-0.3, -0.25) is 15.1 Å². The van der Waals surface area contributed by atoms with Crippen LogP contribution < -0.4 is 5.32 Å². The van der Waals surface area contributed by atoms with Gasteiger partial charge in [0.2, 0.25) is 5.88 Å². The molecule has 132 valence electrons. The van der Waals surface area contributed by atoms with Crippen molar-refractivity contribution in [1.29, 1.82) is 0 Å². The van der Waals surface area contributed by atoms with Crippen LogP contribution in [0.2, 0.25) is 0 Å². The number of benzene rings is 1. The van der Waals surface area contributed by atoms with Crippen molar-refractivity contribution in [3.63, 3.8) is 0 Å². The fraction of sp³-hybridized carbons (Fsp3) is 0.471. The molecule has 4 rings (SSSR count). The van der Waals surface area contributed by atoms with Crippen molar-refractivity contribution in [3.05, 3.63) is 33.9 Å². The Morgan fingerprint density at radius 2 is 2.16 bits per heavy atom. The summed E-state index contributed by atoms with van der Waals surface area (Å²) in [6, 6.07) is 4.90. The first-order valence-corrected chi connectivity index (χ1v) is 8.50. The van der Waals surface area contributed by atoms with E-state index in [1.165, 1.54) is 12.1 Å². The summed E-state index contributed by atoms with van der Waals surface area (Å²) >= 11 is 0. The number of fused-ring (bicyclic) bond motifs is 1. The van der Waals surface area contributed by atoms with E-state index in [1.54, 1.807) is 6.07 Å². The molecule has 3 heterocycles. The lowest BCUT2D eigenvalue weighted by Crippen LogP contribution is -2.29. The minimum atomic E-state index is -0.415. The van der Waals surface area contributed by atoms with Gasteiger partial charge in [0.25, 0.3) is 5.69 Å². The molecule has 1 saturated heterocycles. The second-order valence-electron chi connectivity index (χ2n) is 6.39. The highest BCUT2D eigenvalue weighted by atomic mass is 16.6. The molecular weight excluding hydrogens is 324 g/mol. The molecule has 0 spiro atoms. The molecule has 0 amide bonds. The average molecular weight is 344 g/mol. The largest absolute Gasteiger partial charge is 0.494 e. The normalized spacial score (nSPS) is 19.1. The Morgan fingerprint density at radius 1 is 1.36 bits per heavy atom. The zero-order valence-corrected chi connectivity index (χ0v) is 13.8. The first kappa shape index (κ1) is 16.0. The molecule has 0 radical (unpaired) electrons. The van der Waals surface area contributed by atoms with E-state index >= 15 is 0 Å². The molecule has 0 bridgehead atoms. The lowest BCUT2D eigenvalue weighted by Gasteiger charge is -2.25. The Bertz CT molecular complexity index is 852. The van der Waals surface area contributed by atoms with Crippen molar-refractivity contribution in [1.82, 2.24) is 9.88 Å². The van der Waals surface area contributed by atoms with E-state index in [9.17, 15) is 15.2 Å². The van der Waals surface area contributed by atoms with Crippen LogP contribution in [0.15, 0.2) is 23.2 Å². The molecule has 8 nitrogen and oxygen atoms in total. The van der Waals surface area contributed by atoms with E-state index in [0.29, 0.717) is 36.4 Å². The van der Waals surface area contributed by atoms with Crippen LogP contribution in [0.1, 0.15) is 24.4 Å². The zero-order chi connectivity index (χ0) is 17.4. The smallest absolute Gasteiger partial charge is 0.270 e. The third-order valence-corrected chi connectivity index (χ3v) is 4.91. The number of aromatic nitrogens is 1. The van der Waals surface area contributed by atoms with Crippen LogP contribution in [0, 0.1) is 10.1 Å². The van der Waals surface area contributed by atoms with Crippen LogP contribution >= 0.6 is 0 Å². The average Bonchev–Trinajstić information content (AvgIpc) is 2.94. The van der Waals surface area contributed by atoms with Gasteiger partial charge in [0, 0.05) is 23.6 Å². The van der Waals surface area contributed by atoms with E-state index < -0.39 is 4.92 Å². The molecule has 8 heteroatoms. The van der Waals surface area contributed by atoms with Gasteiger partial charge in [-0.05, 0) is 32.0 Å². The number of hydrogen-bond donors (Lipinski definition) is 2. The Morgan fingerprint density at radius 3 is 2.84 bits per heavy atom. The highest BCUT2D eigenvalue weighted by Gasteiger charge is 2.28. The Balaban J connectivity index is 1.94. The number of aromatic hydroxyl groups is 1. The second kappa shape index (κ2) is 6.45. The molecule has 2 aliphatic heterocycles. The summed E-state index contributed by atoms with van der Waals surface area (Å²) in [5.74, 6) is 0.131. The number of nitrogens with zero attached hydrogens (tertiary/aromatic N) is 3. The van der Waals surface area contributed by atoms with Crippen molar-refractivity contribution >= 4 is 22.3 Å². The van der Waals surface area contributed by atoms with E-state index in [4.69, 9.17) is 4.74 Å². The molecule has 0 atom stereocenters. The summed E-state index contributed by atoms with van der Waals surface area (Å²) < 4.78 is 7.39. The van der Waals surface area contributed by atoms with Gasteiger partial charge in [0.15, 0.2) is 0 Å². The maximum atomic E-state index is 11.2. The number of ether oxygens (including phenoxy) is 1. The standard InChI is InChI=1S/C17H20N4O4/c22-17-16(14-10-25-8-7-19-14)13-9-12(21(23)24)1-2-15(13)20(17)11-3-5-18-6-4-11/h1-2,9,11,18,22H,3-8,10H2. The summed E-state index contributed by atoms with van der Waals surface area (Å²) in [7, 11) is 0. The minimum Gasteiger partial charge on any atom is -0.494 e. The van der Waals surface area contributed by atoms with Gasteiger partial charge in [-0.15, -0.1) is 0 Å². The van der Waals surface area contributed by atoms with Gasteiger partial charge in [-0.25, -0.2) is 0 Å². The van der Waals surface area contributed by atoms with Gasteiger partial charge < -0.3 is 19.7 Å². The SMILES string of the molecule is O=[N+]([O-])c1ccc2c(c1)c(C1=NCCOC1)c(O)n2C1CCNCC1. The van der Waals surface area contributed by atoms with Crippen LogP contribution in [-0.4, -0.2) is 53.2 Å². The predicted octanol–water partition coefficient (Wildman–Crippen LogP) is 2.00. The molecule has 2 N–H and O–H groups in total. The number of nitrogens with one attached hydrogen (secondary N) is 1. The van der Waals surface area contributed by atoms with Crippen molar-refractivity contribution < 1.29 is 14.8 Å². The molecule has 2 aliphatic rings. The lowest BCUT2D eigenvalue weighted by atomic mass is 10.1. The van der Waals surface area contributed by atoms with E-state index in [2.05, 4.69) is 10.3 Å². The quantitative estimate of drug-likeness (QED) is 0.655. The van der Waals surface area contributed by atoms with Crippen molar-refractivity contribution in [2.45, 2.75) is 18.9 Å². The summed E-state index contributed by atoms with van der Waals surface area (Å²) in [6.07, 6.45) is 1.80. The molecule has 1 aromatic carbocycles. The van der Waals surface area contributed by atoms with Crippen LogP contribution in [-0.2, 0) is 4.74 Å². The Hall–Kier alpha value is -2.45. The fourth-order valence-electron chi connectivity index (χ4n) is 3.73. The number of non-ortho nitro benzene ring substituents is 1. The van der Waals surface area contributed by atoms with Gasteiger partial charge in [0.1, 0.15) is 0 Å².